The van der Waals surface area contributed by atoms with Crippen LogP contribution in [0.5, 0.6) is 5.75 Å². The predicted molar refractivity (Wildman–Crippen MR) is 78.9 cm³/mol. The topological polar surface area (TPSA) is 83.9 Å². The lowest BCUT2D eigenvalue weighted by molar-refractivity contribution is -0.137. The maximum absolute atomic E-state index is 12.5. The summed E-state index contributed by atoms with van der Waals surface area (Å²) in [4.78, 5) is 10.8. The smallest absolute Gasteiger partial charge is 0.304 e. The summed E-state index contributed by atoms with van der Waals surface area (Å²) in [6, 6.07) is 6.14. The Balaban J connectivity index is 2.95. The first-order chi connectivity index (χ1) is 9.91. The summed E-state index contributed by atoms with van der Waals surface area (Å²) in [6.07, 6.45) is 0.409. The van der Waals surface area contributed by atoms with Gasteiger partial charge in [-0.05, 0) is 37.6 Å². The van der Waals surface area contributed by atoms with Crippen LogP contribution in [0.1, 0.15) is 26.7 Å². The minimum Gasteiger partial charge on any atom is -0.494 e. The number of rotatable bonds is 9. The molecule has 1 N–H and O–H groups in total. The number of benzene rings is 1. The molecule has 0 aliphatic carbocycles. The second-order valence-corrected chi connectivity index (χ2v) is 6.39. The molecule has 0 saturated carbocycles. The molecule has 1 aromatic carbocycles. The van der Waals surface area contributed by atoms with E-state index < -0.39 is 16.0 Å². The highest BCUT2D eigenvalue weighted by Crippen LogP contribution is 2.20. The molecular weight excluding hydrogens is 294 g/mol. The van der Waals surface area contributed by atoms with E-state index >= 15 is 0 Å². The molecule has 0 aromatic heterocycles. The Labute approximate surface area is 125 Å². The highest BCUT2D eigenvalue weighted by atomic mass is 32.2. The van der Waals surface area contributed by atoms with E-state index in [4.69, 9.17) is 9.84 Å². The van der Waals surface area contributed by atoms with E-state index in [0.29, 0.717) is 25.3 Å². The first kappa shape index (κ1) is 17.5. The van der Waals surface area contributed by atoms with Crippen molar-refractivity contribution in [1.29, 1.82) is 0 Å². The zero-order chi connectivity index (χ0) is 15.9. The van der Waals surface area contributed by atoms with Gasteiger partial charge in [0.05, 0.1) is 17.9 Å². The van der Waals surface area contributed by atoms with E-state index in [9.17, 15) is 13.2 Å². The first-order valence-electron chi connectivity index (χ1n) is 6.86. The number of hydrogen-bond acceptors (Lipinski definition) is 4. The number of carboxylic acids is 1. The van der Waals surface area contributed by atoms with Crippen LogP contribution in [0.3, 0.4) is 0 Å². The maximum Gasteiger partial charge on any atom is 0.304 e. The van der Waals surface area contributed by atoms with E-state index in [-0.39, 0.29) is 17.9 Å². The molecule has 0 amide bonds. The van der Waals surface area contributed by atoms with Gasteiger partial charge in [0.15, 0.2) is 0 Å². The second kappa shape index (κ2) is 7.99. The molecule has 118 valence electrons. The Kier molecular flexibility index (Phi) is 6.64. The SMILES string of the molecule is CCCN(CCC(=O)O)S(=O)(=O)c1ccc(OCC)cc1. The van der Waals surface area contributed by atoms with Gasteiger partial charge >= 0.3 is 5.97 Å². The van der Waals surface area contributed by atoms with Crippen LogP contribution < -0.4 is 4.74 Å². The van der Waals surface area contributed by atoms with Crippen molar-refractivity contribution < 1.29 is 23.1 Å². The molecule has 0 radical (unpaired) electrons. The van der Waals surface area contributed by atoms with Crippen LogP contribution in [0.4, 0.5) is 0 Å². The van der Waals surface area contributed by atoms with Crippen LogP contribution >= 0.6 is 0 Å². The lowest BCUT2D eigenvalue weighted by Crippen LogP contribution is -2.33. The maximum atomic E-state index is 12.5. The summed E-state index contributed by atoms with van der Waals surface area (Å²) in [6.45, 7) is 4.47. The van der Waals surface area contributed by atoms with Crippen molar-refractivity contribution in [3.05, 3.63) is 24.3 Å². The summed E-state index contributed by atoms with van der Waals surface area (Å²) >= 11 is 0. The summed E-state index contributed by atoms with van der Waals surface area (Å²) < 4.78 is 31.5. The number of sulfonamides is 1. The zero-order valence-electron chi connectivity index (χ0n) is 12.3. The average Bonchev–Trinajstić information content (AvgIpc) is 2.44. The molecule has 7 heteroatoms. The summed E-state index contributed by atoms with van der Waals surface area (Å²) in [7, 11) is -3.68. The molecule has 0 heterocycles. The van der Waals surface area contributed by atoms with E-state index in [2.05, 4.69) is 0 Å². The molecule has 21 heavy (non-hydrogen) atoms. The van der Waals surface area contributed by atoms with E-state index in [1.54, 1.807) is 12.1 Å². The van der Waals surface area contributed by atoms with Crippen molar-refractivity contribution in [3.63, 3.8) is 0 Å². The Bertz CT molecular complexity index is 553. The number of carboxylic acid groups (broad SMARTS) is 1. The fourth-order valence-corrected chi connectivity index (χ4v) is 3.38. The molecule has 0 fully saturated rings. The quantitative estimate of drug-likeness (QED) is 0.753. The highest BCUT2D eigenvalue weighted by Gasteiger charge is 2.24. The summed E-state index contributed by atoms with van der Waals surface area (Å²) in [5.74, 6) is -0.415. The number of ether oxygens (including phenoxy) is 1. The van der Waals surface area contributed by atoms with Crippen LogP contribution in [-0.2, 0) is 14.8 Å². The van der Waals surface area contributed by atoms with Crippen LogP contribution in [-0.4, -0.2) is 43.5 Å². The Hall–Kier alpha value is -1.60. The highest BCUT2D eigenvalue weighted by molar-refractivity contribution is 7.89. The summed E-state index contributed by atoms with van der Waals surface area (Å²) in [5.41, 5.74) is 0. The molecule has 6 nitrogen and oxygen atoms in total. The van der Waals surface area contributed by atoms with Crippen LogP contribution in [0, 0.1) is 0 Å². The van der Waals surface area contributed by atoms with Gasteiger partial charge in [-0.1, -0.05) is 6.92 Å². The Morgan fingerprint density at radius 2 is 1.81 bits per heavy atom. The van der Waals surface area contributed by atoms with Gasteiger partial charge in [0.25, 0.3) is 0 Å². The molecular formula is C14H21NO5S. The lowest BCUT2D eigenvalue weighted by atomic mass is 10.3. The van der Waals surface area contributed by atoms with Gasteiger partial charge in [0, 0.05) is 13.1 Å². The summed E-state index contributed by atoms with van der Waals surface area (Å²) in [5, 5.41) is 8.72. The monoisotopic (exact) mass is 315 g/mol. The fraction of sp³-hybridized carbons (Fsp3) is 0.500. The number of aliphatic carboxylic acids is 1. The molecule has 0 spiro atoms. The first-order valence-corrected chi connectivity index (χ1v) is 8.30. The van der Waals surface area contributed by atoms with Crippen molar-refractivity contribution in [3.8, 4) is 5.75 Å². The third-order valence-corrected chi connectivity index (χ3v) is 4.73. The average molecular weight is 315 g/mol. The molecule has 0 unspecified atom stereocenters. The van der Waals surface area contributed by atoms with Gasteiger partial charge < -0.3 is 9.84 Å². The van der Waals surface area contributed by atoms with Crippen molar-refractivity contribution in [1.82, 2.24) is 4.31 Å². The van der Waals surface area contributed by atoms with Crippen LogP contribution in [0.2, 0.25) is 0 Å². The normalized spacial score (nSPS) is 11.6. The number of nitrogens with zero attached hydrogens (tertiary/aromatic N) is 1. The Morgan fingerprint density at radius 1 is 1.19 bits per heavy atom. The van der Waals surface area contributed by atoms with Gasteiger partial charge in [-0.3, -0.25) is 4.79 Å². The largest absolute Gasteiger partial charge is 0.494 e. The minimum absolute atomic E-state index is 0.0290. The van der Waals surface area contributed by atoms with Crippen molar-refractivity contribution in [2.75, 3.05) is 19.7 Å². The van der Waals surface area contributed by atoms with Crippen molar-refractivity contribution >= 4 is 16.0 Å². The van der Waals surface area contributed by atoms with Gasteiger partial charge in [0.1, 0.15) is 5.75 Å². The van der Waals surface area contributed by atoms with E-state index in [0.717, 1.165) is 0 Å². The molecule has 0 bridgehead atoms. The van der Waals surface area contributed by atoms with Crippen molar-refractivity contribution in [2.24, 2.45) is 0 Å². The fourth-order valence-electron chi connectivity index (χ4n) is 1.85. The molecule has 1 rings (SSSR count). The molecule has 1 aromatic rings. The molecule has 0 atom stereocenters. The van der Waals surface area contributed by atoms with Gasteiger partial charge in [0.2, 0.25) is 10.0 Å². The third kappa shape index (κ3) is 5.02. The predicted octanol–water partition coefficient (Wildman–Crippen LogP) is 1.96. The second-order valence-electron chi connectivity index (χ2n) is 4.45. The zero-order valence-corrected chi connectivity index (χ0v) is 13.1. The standard InChI is InChI=1S/C14H21NO5S/c1-3-10-15(11-9-14(16)17)21(18,19)13-7-5-12(6-8-13)20-4-2/h5-8H,3-4,9-11H2,1-2H3,(H,16,17). The number of carbonyl (C=O) groups is 1. The van der Waals surface area contributed by atoms with E-state index in [1.165, 1.54) is 16.4 Å². The molecule has 0 saturated heterocycles. The van der Waals surface area contributed by atoms with E-state index in [1.807, 2.05) is 13.8 Å². The number of hydrogen-bond donors (Lipinski definition) is 1. The van der Waals surface area contributed by atoms with Gasteiger partial charge in [-0.15, -0.1) is 0 Å². The van der Waals surface area contributed by atoms with Gasteiger partial charge in [-0.2, -0.15) is 4.31 Å². The molecule has 0 aliphatic heterocycles. The van der Waals surface area contributed by atoms with Crippen LogP contribution in [0.25, 0.3) is 0 Å². The Morgan fingerprint density at radius 3 is 2.29 bits per heavy atom. The van der Waals surface area contributed by atoms with Crippen molar-refractivity contribution in [2.45, 2.75) is 31.6 Å². The minimum atomic E-state index is -3.68. The van der Waals surface area contributed by atoms with Gasteiger partial charge in [-0.25, -0.2) is 8.42 Å². The third-order valence-electron chi connectivity index (χ3n) is 2.82. The lowest BCUT2D eigenvalue weighted by Gasteiger charge is -2.21. The van der Waals surface area contributed by atoms with Crippen LogP contribution in [0.15, 0.2) is 29.2 Å². The molecule has 0 aliphatic rings.